The Labute approximate surface area is 151 Å². The van der Waals surface area contributed by atoms with Gasteiger partial charge < -0.3 is 14.3 Å². The summed E-state index contributed by atoms with van der Waals surface area (Å²) in [5, 5.41) is 0. The molecule has 0 radical (unpaired) electrons. The highest BCUT2D eigenvalue weighted by Crippen LogP contribution is 2.32. The van der Waals surface area contributed by atoms with Gasteiger partial charge in [-0.05, 0) is 48.2 Å². The van der Waals surface area contributed by atoms with Gasteiger partial charge in [0, 0.05) is 6.54 Å². The van der Waals surface area contributed by atoms with Gasteiger partial charge in [0.2, 0.25) is 0 Å². The first-order chi connectivity index (χ1) is 12.7. The Bertz CT molecular complexity index is 988. The third-order valence-corrected chi connectivity index (χ3v) is 4.99. The molecule has 0 aliphatic carbocycles. The van der Waals surface area contributed by atoms with Crippen molar-refractivity contribution < 1.29 is 9.21 Å². The second kappa shape index (κ2) is 6.67. The average Bonchev–Trinajstić information content (AvgIpc) is 3.21. The predicted molar refractivity (Wildman–Crippen MR) is 99.0 cm³/mol. The molecule has 1 amide bonds. The Hall–Kier alpha value is -3.08. The van der Waals surface area contributed by atoms with Crippen LogP contribution in [0.15, 0.2) is 64.0 Å². The molecular formula is C21H20N2O3. The van der Waals surface area contributed by atoms with Crippen molar-refractivity contribution in [3.05, 3.63) is 81.8 Å². The topological polar surface area (TPSA) is 66.3 Å². The number of furan rings is 1. The number of benzene rings is 1. The molecule has 132 valence electrons. The molecule has 0 saturated carbocycles. The smallest absolute Gasteiger partial charge is 0.261 e. The van der Waals surface area contributed by atoms with E-state index in [1.54, 1.807) is 30.5 Å². The van der Waals surface area contributed by atoms with Gasteiger partial charge in [-0.15, -0.1) is 0 Å². The molecule has 1 aliphatic rings. The first-order valence-corrected chi connectivity index (χ1v) is 8.85. The van der Waals surface area contributed by atoms with Crippen LogP contribution in [0.4, 0.5) is 0 Å². The molecule has 0 unspecified atom stereocenters. The van der Waals surface area contributed by atoms with E-state index < -0.39 is 5.56 Å². The number of carbonyl (C=O) groups excluding carboxylic acids is 1. The number of hydrogen-bond donors (Lipinski definition) is 1. The number of nitrogens with one attached hydrogen (secondary N) is 1. The van der Waals surface area contributed by atoms with E-state index in [1.807, 2.05) is 17.0 Å². The molecule has 0 spiro atoms. The second-order valence-electron chi connectivity index (χ2n) is 6.46. The summed E-state index contributed by atoms with van der Waals surface area (Å²) in [5.74, 6) is 0.345. The number of aromatic nitrogens is 1. The van der Waals surface area contributed by atoms with Crippen LogP contribution in [0.5, 0.6) is 0 Å². The van der Waals surface area contributed by atoms with Gasteiger partial charge in [0.25, 0.3) is 11.5 Å². The van der Waals surface area contributed by atoms with E-state index in [-0.39, 0.29) is 17.5 Å². The number of hydrogen-bond acceptors (Lipinski definition) is 3. The quantitative estimate of drug-likeness (QED) is 0.783. The third-order valence-electron chi connectivity index (χ3n) is 4.99. The van der Waals surface area contributed by atoms with Crippen molar-refractivity contribution in [3.63, 3.8) is 0 Å². The Kier molecular flexibility index (Phi) is 4.21. The fourth-order valence-electron chi connectivity index (χ4n) is 3.71. The van der Waals surface area contributed by atoms with Gasteiger partial charge in [0.05, 0.1) is 18.0 Å². The molecule has 4 rings (SSSR count). The number of nitrogens with zero attached hydrogens (tertiary/aromatic N) is 1. The Morgan fingerprint density at radius 3 is 2.77 bits per heavy atom. The average molecular weight is 348 g/mol. The Morgan fingerprint density at radius 2 is 2.04 bits per heavy atom. The van der Waals surface area contributed by atoms with Crippen molar-refractivity contribution in [2.75, 3.05) is 6.54 Å². The van der Waals surface area contributed by atoms with Crippen LogP contribution in [0.1, 0.15) is 40.9 Å². The molecule has 0 bridgehead atoms. The molecule has 1 aliphatic heterocycles. The van der Waals surface area contributed by atoms with Crippen molar-refractivity contribution in [1.82, 2.24) is 9.88 Å². The summed E-state index contributed by atoms with van der Waals surface area (Å²) in [5.41, 5.74) is 2.80. The van der Waals surface area contributed by atoms with Crippen LogP contribution in [0.3, 0.4) is 0 Å². The molecular weight excluding hydrogens is 328 g/mol. The molecule has 1 aromatic carbocycles. The summed E-state index contributed by atoms with van der Waals surface area (Å²) in [6.07, 6.45) is 3.16. The standard InChI is InChI=1S/C21H20N2O3/c1-2-18-15-7-4-3-6-14(15)11-12-23(18)21(25)16-9-10-17(22-20(16)24)19-8-5-13-26-19/h3-10,13,18H,2,11-12H2,1H3,(H,22,24)/t18-/m1/s1. The first-order valence-electron chi connectivity index (χ1n) is 8.85. The lowest BCUT2D eigenvalue weighted by Gasteiger charge is -2.37. The highest BCUT2D eigenvalue weighted by molar-refractivity contribution is 5.94. The Morgan fingerprint density at radius 1 is 1.19 bits per heavy atom. The summed E-state index contributed by atoms with van der Waals surface area (Å²) in [4.78, 5) is 30.2. The number of pyridine rings is 1. The number of rotatable bonds is 3. The van der Waals surface area contributed by atoms with E-state index >= 15 is 0 Å². The van der Waals surface area contributed by atoms with Crippen LogP contribution >= 0.6 is 0 Å². The van der Waals surface area contributed by atoms with E-state index in [9.17, 15) is 9.59 Å². The van der Waals surface area contributed by atoms with Gasteiger partial charge in [-0.2, -0.15) is 0 Å². The maximum absolute atomic E-state index is 13.1. The molecule has 3 aromatic rings. The minimum Gasteiger partial charge on any atom is -0.463 e. The summed E-state index contributed by atoms with van der Waals surface area (Å²) in [6.45, 7) is 2.69. The molecule has 1 N–H and O–H groups in total. The maximum Gasteiger partial charge on any atom is 0.261 e. The molecule has 5 heteroatoms. The lowest BCUT2D eigenvalue weighted by Crippen LogP contribution is -2.41. The number of amides is 1. The normalized spacial score (nSPS) is 16.3. The first kappa shape index (κ1) is 16.4. The fourth-order valence-corrected chi connectivity index (χ4v) is 3.71. The van der Waals surface area contributed by atoms with E-state index in [2.05, 4.69) is 24.0 Å². The minimum absolute atomic E-state index is 0.00315. The summed E-state index contributed by atoms with van der Waals surface area (Å²) in [6, 6.07) is 15.0. The van der Waals surface area contributed by atoms with Crippen molar-refractivity contribution >= 4 is 5.91 Å². The number of aromatic amines is 1. The minimum atomic E-state index is -0.391. The zero-order valence-electron chi connectivity index (χ0n) is 14.6. The second-order valence-corrected chi connectivity index (χ2v) is 6.46. The molecule has 3 heterocycles. The largest absolute Gasteiger partial charge is 0.463 e. The van der Waals surface area contributed by atoms with Gasteiger partial charge in [-0.25, -0.2) is 0 Å². The lowest BCUT2D eigenvalue weighted by molar-refractivity contribution is 0.0653. The Balaban J connectivity index is 1.67. The van der Waals surface area contributed by atoms with Crippen molar-refractivity contribution in [3.8, 4) is 11.5 Å². The van der Waals surface area contributed by atoms with Gasteiger partial charge >= 0.3 is 0 Å². The fraction of sp³-hybridized carbons (Fsp3) is 0.238. The van der Waals surface area contributed by atoms with Crippen LogP contribution in [0.2, 0.25) is 0 Å². The summed E-state index contributed by atoms with van der Waals surface area (Å²) >= 11 is 0. The van der Waals surface area contributed by atoms with Gasteiger partial charge in [-0.1, -0.05) is 31.2 Å². The van der Waals surface area contributed by atoms with E-state index in [0.29, 0.717) is 18.0 Å². The van der Waals surface area contributed by atoms with Crippen LogP contribution in [-0.2, 0) is 6.42 Å². The molecule has 5 nitrogen and oxygen atoms in total. The SMILES string of the molecule is CC[C@@H]1c2ccccc2CCN1C(=O)c1ccc(-c2ccco2)[nH]c1=O. The van der Waals surface area contributed by atoms with E-state index in [4.69, 9.17) is 4.42 Å². The van der Waals surface area contributed by atoms with Crippen LogP contribution in [0.25, 0.3) is 11.5 Å². The molecule has 0 saturated heterocycles. The third kappa shape index (κ3) is 2.75. The number of fused-ring (bicyclic) bond motifs is 1. The molecule has 0 fully saturated rings. The molecule has 2 aromatic heterocycles. The van der Waals surface area contributed by atoms with Crippen LogP contribution < -0.4 is 5.56 Å². The van der Waals surface area contributed by atoms with E-state index in [1.165, 1.54) is 11.1 Å². The van der Waals surface area contributed by atoms with E-state index in [0.717, 1.165) is 12.8 Å². The molecule has 1 atom stereocenters. The van der Waals surface area contributed by atoms with Crippen molar-refractivity contribution in [1.29, 1.82) is 0 Å². The highest BCUT2D eigenvalue weighted by Gasteiger charge is 2.31. The number of H-pyrrole nitrogens is 1. The summed E-state index contributed by atoms with van der Waals surface area (Å²) < 4.78 is 5.30. The zero-order valence-corrected chi connectivity index (χ0v) is 14.6. The monoisotopic (exact) mass is 348 g/mol. The van der Waals surface area contributed by atoms with Gasteiger partial charge in [-0.3, -0.25) is 9.59 Å². The van der Waals surface area contributed by atoms with Gasteiger partial charge in [0.15, 0.2) is 0 Å². The van der Waals surface area contributed by atoms with Crippen molar-refractivity contribution in [2.24, 2.45) is 0 Å². The van der Waals surface area contributed by atoms with Crippen molar-refractivity contribution in [2.45, 2.75) is 25.8 Å². The van der Waals surface area contributed by atoms with Crippen LogP contribution in [0, 0.1) is 0 Å². The zero-order chi connectivity index (χ0) is 18.1. The van der Waals surface area contributed by atoms with Gasteiger partial charge in [0.1, 0.15) is 11.3 Å². The highest BCUT2D eigenvalue weighted by atomic mass is 16.3. The van der Waals surface area contributed by atoms with Crippen LogP contribution in [-0.4, -0.2) is 22.3 Å². The lowest BCUT2D eigenvalue weighted by atomic mass is 9.90. The molecule has 26 heavy (non-hydrogen) atoms. The number of carbonyl (C=O) groups is 1. The predicted octanol–water partition coefficient (Wildman–Crippen LogP) is 3.78. The maximum atomic E-state index is 13.1. The summed E-state index contributed by atoms with van der Waals surface area (Å²) in [7, 11) is 0.